The number of aromatic nitrogens is 1. The van der Waals surface area contributed by atoms with Gasteiger partial charge in [0.15, 0.2) is 0 Å². The van der Waals surface area contributed by atoms with E-state index in [2.05, 4.69) is 15.7 Å². The first-order chi connectivity index (χ1) is 7.28. The standard InChI is InChI=1S/C10H16N4O/c11-14-10-5-8(1-2-12-10)13-6-7-3-9(15)4-7/h1-2,5,7,9,15H,3-4,6,11H2,(H2,12,13,14). The summed E-state index contributed by atoms with van der Waals surface area (Å²) < 4.78 is 0. The molecule has 82 valence electrons. The molecule has 2 rings (SSSR count). The second-order valence-electron chi connectivity index (χ2n) is 3.95. The molecule has 0 unspecified atom stereocenters. The van der Waals surface area contributed by atoms with Gasteiger partial charge in [-0.15, -0.1) is 0 Å². The summed E-state index contributed by atoms with van der Waals surface area (Å²) in [6.45, 7) is 0.894. The zero-order valence-electron chi connectivity index (χ0n) is 8.48. The Morgan fingerprint density at radius 1 is 1.53 bits per heavy atom. The quantitative estimate of drug-likeness (QED) is 0.429. The van der Waals surface area contributed by atoms with E-state index in [1.165, 1.54) is 0 Å². The molecule has 0 amide bonds. The second-order valence-corrected chi connectivity index (χ2v) is 3.95. The van der Waals surface area contributed by atoms with Crippen LogP contribution in [0, 0.1) is 5.92 Å². The first kappa shape index (κ1) is 10.2. The van der Waals surface area contributed by atoms with Crippen LogP contribution in [0.2, 0.25) is 0 Å². The maximum absolute atomic E-state index is 9.13. The average Bonchev–Trinajstić information content (AvgIpc) is 2.23. The number of pyridine rings is 1. The van der Waals surface area contributed by atoms with Crippen molar-refractivity contribution in [3.05, 3.63) is 18.3 Å². The SMILES string of the molecule is NNc1cc(NCC2CC(O)C2)ccn1. The van der Waals surface area contributed by atoms with Crippen LogP contribution in [0.4, 0.5) is 11.5 Å². The summed E-state index contributed by atoms with van der Waals surface area (Å²) >= 11 is 0. The average molecular weight is 208 g/mol. The highest BCUT2D eigenvalue weighted by molar-refractivity contribution is 5.51. The van der Waals surface area contributed by atoms with Crippen LogP contribution in [0.25, 0.3) is 0 Å². The van der Waals surface area contributed by atoms with Crippen molar-refractivity contribution in [1.82, 2.24) is 4.98 Å². The molecule has 1 aliphatic carbocycles. The van der Waals surface area contributed by atoms with E-state index in [-0.39, 0.29) is 6.10 Å². The number of nitrogens with two attached hydrogens (primary N) is 1. The largest absolute Gasteiger partial charge is 0.393 e. The van der Waals surface area contributed by atoms with Gasteiger partial charge in [-0.1, -0.05) is 0 Å². The number of anilines is 2. The first-order valence-corrected chi connectivity index (χ1v) is 5.12. The van der Waals surface area contributed by atoms with E-state index in [1.807, 2.05) is 12.1 Å². The topological polar surface area (TPSA) is 83.2 Å². The Hall–Kier alpha value is -1.33. The van der Waals surface area contributed by atoms with Gasteiger partial charge in [0.25, 0.3) is 0 Å². The number of rotatable bonds is 4. The van der Waals surface area contributed by atoms with Gasteiger partial charge in [0.2, 0.25) is 0 Å². The molecular formula is C10H16N4O. The zero-order valence-corrected chi connectivity index (χ0v) is 8.48. The number of nitrogens with zero attached hydrogens (tertiary/aromatic N) is 1. The fourth-order valence-electron chi connectivity index (χ4n) is 1.75. The van der Waals surface area contributed by atoms with Crippen LogP contribution in [0.5, 0.6) is 0 Å². The highest BCUT2D eigenvalue weighted by Crippen LogP contribution is 2.27. The number of hydrogen-bond donors (Lipinski definition) is 4. The molecule has 1 saturated carbocycles. The summed E-state index contributed by atoms with van der Waals surface area (Å²) in [5.74, 6) is 6.49. The summed E-state index contributed by atoms with van der Waals surface area (Å²) in [5.41, 5.74) is 3.50. The Balaban J connectivity index is 1.82. The summed E-state index contributed by atoms with van der Waals surface area (Å²) in [6.07, 6.45) is 3.42. The number of hydrogen-bond acceptors (Lipinski definition) is 5. The Labute approximate surface area is 88.7 Å². The van der Waals surface area contributed by atoms with Crippen molar-refractivity contribution in [3.8, 4) is 0 Å². The third kappa shape index (κ3) is 2.57. The van der Waals surface area contributed by atoms with E-state index < -0.39 is 0 Å². The molecule has 0 aromatic carbocycles. The van der Waals surface area contributed by atoms with Crippen molar-refractivity contribution in [2.75, 3.05) is 17.3 Å². The number of nitrogens with one attached hydrogen (secondary N) is 2. The Bertz CT molecular complexity index is 325. The smallest absolute Gasteiger partial charge is 0.141 e. The zero-order chi connectivity index (χ0) is 10.7. The van der Waals surface area contributed by atoms with Crippen molar-refractivity contribution in [3.63, 3.8) is 0 Å². The van der Waals surface area contributed by atoms with E-state index in [9.17, 15) is 0 Å². The van der Waals surface area contributed by atoms with Crippen molar-refractivity contribution < 1.29 is 5.11 Å². The number of aliphatic hydroxyl groups excluding tert-OH is 1. The molecule has 1 heterocycles. The predicted molar refractivity (Wildman–Crippen MR) is 59.3 cm³/mol. The lowest BCUT2D eigenvalue weighted by molar-refractivity contribution is 0.0487. The fraction of sp³-hybridized carbons (Fsp3) is 0.500. The van der Waals surface area contributed by atoms with Crippen LogP contribution in [0.3, 0.4) is 0 Å². The lowest BCUT2D eigenvalue weighted by atomic mass is 9.82. The minimum Gasteiger partial charge on any atom is -0.393 e. The molecule has 0 radical (unpaired) electrons. The van der Waals surface area contributed by atoms with Gasteiger partial charge >= 0.3 is 0 Å². The van der Waals surface area contributed by atoms with Crippen LogP contribution in [-0.4, -0.2) is 22.7 Å². The normalized spacial score (nSPS) is 24.4. The van der Waals surface area contributed by atoms with Gasteiger partial charge in [-0.25, -0.2) is 10.8 Å². The molecule has 5 N–H and O–H groups in total. The molecule has 0 bridgehead atoms. The molecular weight excluding hydrogens is 192 g/mol. The predicted octanol–water partition coefficient (Wildman–Crippen LogP) is 0.550. The monoisotopic (exact) mass is 208 g/mol. The van der Waals surface area contributed by atoms with Gasteiger partial charge in [0.1, 0.15) is 5.82 Å². The molecule has 0 aliphatic heterocycles. The number of aliphatic hydroxyl groups is 1. The lowest BCUT2D eigenvalue weighted by Gasteiger charge is -2.31. The Kier molecular flexibility index (Phi) is 3.03. The van der Waals surface area contributed by atoms with Crippen molar-refractivity contribution in [2.45, 2.75) is 18.9 Å². The molecule has 5 nitrogen and oxygen atoms in total. The van der Waals surface area contributed by atoms with Gasteiger partial charge in [-0.05, 0) is 24.8 Å². The maximum Gasteiger partial charge on any atom is 0.141 e. The van der Waals surface area contributed by atoms with E-state index >= 15 is 0 Å². The summed E-state index contributed by atoms with van der Waals surface area (Å²) in [7, 11) is 0. The minimum absolute atomic E-state index is 0.0875. The van der Waals surface area contributed by atoms with Crippen LogP contribution >= 0.6 is 0 Å². The van der Waals surface area contributed by atoms with E-state index in [0.717, 1.165) is 25.1 Å². The Morgan fingerprint density at radius 2 is 2.33 bits per heavy atom. The van der Waals surface area contributed by atoms with E-state index in [1.54, 1.807) is 6.20 Å². The van der Waals surface area contributed by atoms with E-state index in [0.29, 0.717) is 11.7 Å². The van der Waals surface area contributed by atoms with Gasteiger partial charge in [-0.3, -0.25) is 0 Å². The fourth-order valence-corrected chi connectivity index (χ4v) is 1.75. The third-order valence-electron chi connectivity index (χ3n) is 2.71. The van der Waals surface area contributed by atoms with Gasteiger partial charge in [-0.2, -0.15) is 0 Å². The lowest BCUT2D eigenvalue weighted by Crippen LogP contribution is -2.33. The number of nitrogen functional groups attached to an aromatic ring is 1. The molecule has 1 aromatic heterocycles. The van der Waals surface area contributed by atoms with Crippen LogP contribution in [0.15, 0.2) is 18.3 Å². The molecule has 0 saturated heterocycles. The summed E-state index contributed by atoms with van der Waals surface area (Å²) in [4.78, 5) is 4.02. The maximum atomic E-state index is 9.13. The molecule has 0 spiro atoms. The summed E-state index contributed by atoms with van der Waals surface area (Å²) in [5, 5.41) is 12.4. The second kappa shape index (κ2) is 4.46. The molecule has 1 aromatic rings. The highest BCUT2D eigenvalue weighted by atomic mass is 16.3. The molecule has 1 aliphatic rings. The van der Waals surface area contributed by atoms with Crippen LogP contribution in [0.1, 0.15) is 12.8 Å². The van der Waals surface area contributed by atoms with Gasteiger partial charge in [0.05, 0.1) is 6.10 Å². The third-order valence-corrected chi connectivity index (χ3v) is 2.71. The molecule has 0 atom stereocenters. The molecule has 15 heavy (non-hydrogen) atoms. The Morgan fingerprint density at radius 3 is 3.00 bits per heavy atom. The van der Waals surface area contributed by atoms with Crippen molar-refractivity contribution in [1.29, 1.82) is 0 Å². The van der Waals surface area contributed by atoms with E-state index in [4.69, 9.17) is 10.9 Å². The van der Waals surface area contributed by atoms with Crippen molar-refractivity contribution in [2.24, 2.45) is 11.8 Å². The van der Waals surface area contributed by atoms with Crippen molar-refractivity contribution >= 4 is 11.5 Å². The highest BCUT2D eigenvalue weighted by Gasteiger charge is 2.26. The minimum atomic E-state index is -0.0875. The van der Waals surface area contributed by atoms with Gasteiger partial charge < -0.3 is 15.8 Å². The van der Waals surface area contributed by atoms with Crippen LogP contribution in [-0.2, 0) is 0 Å². The van der Waals surface area contributed by atoms with Crippen LogP contribution < -0.4 is 16.6 Å². The molecule has 5 heteroatoms. The van der Waals surface area contributed by atoms with Gasteiger partial charge in [0, 0.05) is 24.5 Å². The first-order valence-electron chi connectivity index (χ1n) is 5.12. The number of hydrazine groups is 1. The molecule has 1 fully saturated rings. The summed E-state index contributed by atoms with van der Waals surface area (Å²) in [6, 6.07) is 3.75.